The minimum atomic E-state index is -0.326. The van der Waals surface area contributed by atoms with E-state index in [4.69, 9.17) is 15.5 Å². The molecule has 5 N–H and O–H groups in total. The van der Waals surface area contributed by atoms with Gasteiger partial charge in [0.25, 0.3) is 0 Å². The largest absolute Gasteiger partial charge is 0.490 e. The number of anilines is 2. The fraction of sp³-hybridized carbons (Fsp3) is 0.114. The molecule has 1 atom stereocenters. The number of H-pyrrole nitrogens is 1. The Bertz CT molecular complexity index is 1850. The lowest BCUT2D eigenvalue weighted by Gasteiger charge is -2.16. The van der Waals surface area contributed by atoms with Gasteiger partial charge in [0, 0.05) is 39.6 Å². The SMILES string of the molecule is Cc1[nH]nc2ccc(-c3cc(OC[C@H](N)Cc4ccccc4)cnc3-c3cccc(NC(=O)Nc4ccccc4)c3)cc12. The number of fused-ring (bicyclic) bond motifs is 1. The Balaban J connectivity index is 1.28. The molecule has 43 heavy (non-hydrogen) atoms. The lowest BCUT2D eigenvalue weighted by molar-refractivity contribution is 0.262. The van der Waals surface area contributed by atoms with Gasteiger partial charge in [-0.1, -0.05) is 66.7 Å². The van der Waals surface area contributed by atoms with E-state index in [0.717, 1.165) is 39.0 Å². The summed E-state index contributed by atoms with van der Waals surface area (Å²) in [6.07, 6.45) is 2.44. The monoisotopic (exact) mass is 568 g/mol. The number of rotatable bonds is 9. The highest BCUT2D eigenvalue weighted by atomic mass is 16.5. The number of amides is 2. The van der Waals surface area contributed by atoms with Crippen molar-refractivity contribution in [3.8, 4) is 28.1 Å². The first-order valence-corrected chi connectivity index (χ1v) is 14.1. The number of hydrogen-bond donors (Lipinski definition) is 4. The minimum absolute atomic E-state index is 0.166. The average molecular weight is 569 g/mol. The summed E-state index contributed by atoms with van der Waals surface area (Å²) >= 11 is 0. The van der Waals surface area contributed by atoms with E-state index in [9.17, 15) is 4.79 Å². The maximum Gasteiger partial charge on any atom is 0.323 e. The molecule has 2 amide bonds. The Labute approximate surface area is 249 Å². The van der Waals surface area contributed by atoms with Gasteiger partial charge in [-0.2, -0.15) is 5.10 Å². The Morgan fingerprint density at radius 3 is 2.42 bits per heavy atom. The van der Waals surface area contributed by atoms with E-state index in [1.54, 1.807) is 6.20 Å². The summed E-state index contributed by atoms with van der Waals surface area (Å²) in [7, 11) is 0. The molecule has 0 fully saturated rings. The molecule has 0 spiro atoms. The molecule has 4 aromatic carbocycles. The van der Waals surface area contributed by atoms with Crippen LogP contribution in [0.2, 0.25) is 0 Å². The summed E-state index contributed by atoms with van der Waals surface area (Å²) in [5.74, 6) is 0.628. The van der Waals surface area contributed by atoms with Crippen molar-refractivity contribution in [2.45, 2.75) is 19.4 Å². The van der Waals surface area contributed by atoms with E-state index in [-0.39, 0.29) is 12.1 Å². The topological polar surface area (TPSA) is 118 Å². The standard InChI is InChI=1S/C35H32N6O2/c1-23-31-19-25(15-16-33(31)41-40-23)32-20-30(43-22-27(36)17-24-9-4-2-5-10-24)21-37-34(32)26-11-8-14-29(18-26)39-35(42)38-28-12-6-3-7-13-28/h2-16,18-21,27H,17,22,36H2,1H3,(H,40,41)(H2,38,39,42)/t27-/m1/s1. The van der Waals surface area contributed by atoms with Crippen molar-refractivity contribution in [1.29, 1.82) is 0 Å². The number of nitrogens with one attached hydrogen (secondary N) is 3. The molecule has 2 aromatic heterocycles. The molecule has 0 radical (unpaired) electrons. The third-order valence-electron chi connectivity index (χ3n) is 7.15. The number of pyridine rings is 1. The Morgan fingerprint density at radius 1 is 0.860 bits per heavy atom. The summed E-state index contributed by atoms with van der Waals surface area (Å²) in [6, 6.07) is 34.7. The number of carbonyl (C=O) groups excluding carboxylic acids is 1. The number of para-hydroxylation sites is 1. The molecular weight excluding hydrogens is 536 g/mol. The predicted octanol–water partition coefficient (Wildman–Crippen LogP) is 7.19. The van der Waals surface area contributed by atoms with Gasteiger partial charge in [-0.25, -0.2) is 4.79 Å². The normalized spacial score (nSPS) is 11.7. The maximum absolute atomic E-state index is 12.7. The van der Waals surface area contributed by atoms with Crippen molar-refractivity contribution in [2.75, 3.05) is 17.2 Å². The van der Waals surface area contributed by atoms with Crippen LogP contribution in [-0.4, -0.2) is 33.9 Å². The molecule has 8 nitrogen and oxygen atoms in total. The number of aromatic amines is 1. The van der Waals surface area contributed by atoms with Crippen molar-refractivity contribution in [3.63, 3.8) is 0 Å². The van der Waals surface area contributed by atoms with Crippen molar-refractivity contribution < 1.29 is 9.53 Å². The molecule has 0 bridgehead atoms. The number of nitrogens with zero attached hydrogens (tertiary/aromatic N) is 2. The zero-order valence-corrected chi connectivity index (χ0v) is 23.7. The third-order valence-corrected chi connectivity index (χ3v) is 7.15. The van der Waals surface area contributed by atoms with Crippen LogP contribution in [0.25, 0.3) is 33.3 Å². The second-order valence-electron chi connectivity index (χ2n) is 10.4. The highest BCUT2D eigenvalue weighted by Gasteiger charge is 2.15. The van der Waals surface area contributed by atoms with Crippen molar-refractivity contribution in [1.82, 2.24) is 15.2 Å². The van der Waals surface area contributed by atoms with Crippen molar-refractivity contribution in [2.24, 2.45) is 5.73 Å². The maximum atomic E-state index is 12.7. The summed E-state index contributed by atoms with van der Waals surface area (Å²) in [5.41, 5.74) is 14.3. The number of aryl methyl sites for hydroxylation is 1. The van der Waals surface area contributed by atoms with E-state index in [2.05, 4.69) is 39.0 Å². The number of hydrogen-bond acceptors (Lipinski definition) is 5. The van der Waals surface area contributed by atoms with Gasteiger partial charge >= 0.3 is 6.03 Å². The molecule has 6 aromatic rings. The fourth-order valence-corrected chi connectivity index (χ4v) is 5.02. The Morgan fingerprint density at radius 2 is 1.60 bits per heavy atom. The molecule has 0 saturated heterocycles. The van der Waals surface area contributed by atoms with E-state index in [0.29, 0.717) is 30.2 Å². The van der Waals surface area contributed by atoms with E-state index in [1.165, 1.54) is 5.56 Å². The van der Waals surface area contributed by atoms with Crippen LogP contribution in [0.4, 0.5) is 16.2 Å². The first-order valence-electron chi connectivity index (χ1n) is 14.1. The van der Waals surface area contributed by atoms with Crippen LogP contribution >= 0.6 is 0 Å². The highest BCUT2D eigenvalue weighted by Crippen LogP contribution is 2.35. The van der Waals surface area contributed by atoms with Gasteiger partial charge in [-0.05, 0) is 66.9 Å². The van der Waals surface area contributed by atoms with Gasteiger partial charge in [0.2, 0.25) is 0 Å². The molecule has 214 valence electrons. The molecular formula is C35H32N6O2. The molecule has 0 saturated carbocycles. The van der Waals surface area contributed by atoms with Crippen LogP contribution in [-0.2, 0) is 6.42 Å². The van der Waals surface area contributed by atoms with Crippen molar-refractivity contribution >= 4 is 28.3 Å². The van der Waals surface area contributed by atoms with Crippen LogP contribution < -0.4 is 21.1 Å². The Kier molecular flexibility index (Phi) is 8.10. The second-order valence-corrected chi connectivity index (χ2v) is 10.4. The van der Waals surface area contributed by atoms with Crippen LogP contribution in [0.3, 0.4) is 0 Å². The van der Waals surface area contributed by atoms with E-state index in [1.807, 2.05) is 97.9 Å². The second kappa shape index (κ2) is 12.6. The number of aromatic nitrogens is 3. The smallest absolute Gasteiger partial charge is 0.323 e. The number of urea groups is 1. The zero-order chi connectivity index (χ0) is 29.6. The quantitative estimate of drug-likeness (QED) is 0.147. The van der Waals surface area contributed by atoms with Gasteiger partial charge < -0.3 is 21.1 Å². The molecule has 0 aliphatic rings. The third kappa shape index (κ3) is 6.72. The van der Waals surface area contributed by atoms with Crippen LogP contribution in [0.15, 0.2) is 115 Å². The number of benzene rings is 4. The number of nitrogens with two attached hydrogens (primary N) is 1. The lowest BCUT2D eigenvalue weighted by Crippen LogP contribution is -2.30. The fourth-order valence-electron chi connectivity index (χ4n) is 5.02. The molecule has 0 aliphatic carbocycles. The first-order chi connectivity index (χ1) is 21.0. The Hall–Kier alpha value is -5.47. The van der Waals surface area contributed by atoms with Gasteiger partial charge in [-0.15, -0.1) is 0 Å². The van der Waals surface area contributed by atoms with E-state index < -0.39 is 0 Å². The summed E-state index contributed by atoms with van der Waals surface area (Å²) in [6.45, 7) is 2.35. The van der Waals surface area contributed by atoms with Gasteiger partial charge in [0.1, 0.15) is 12.4 Å². The number of ether oxygens (including phenoxy) is 1. The molecule has 0 aliphatic heterocycles. The highest BCUT2D eigenvalue weighted by molar-refractivity contribution is 6.00. The van der Waals surface area contributed by atoms with Gasteiger partial charge in [0.15, 0.2) is 0 Å². The van der Waals surface area contributed by atoms with Gasteiger partial charge in [0.05, 0.1) is 17.4 Å². The van der Waals surface area contributed by atoms with Crippen LogP contribution in [0.5, 0.6) is 5.75 Å². The molecule has 8 heteroatoms. The predicted molar refractivity (Wildman–Crippen MR) is 172 cm³/mol. The number of carbonyl (C=O) groups is 1. The average Bonchev–Trinajstić information content (AvgIpc) is 3.40. The summed E-state index contributed by atoms with van der Waals surface area (Å²) < 4.78 is 6.15. The zero-order valence-electron chi connectivity index (χ0n) is 23.7. The van der Waals surface area contributed by atoms with Crippen LogP contribution in [0.1, 0.15) is 11.3 Å². The van der Waals surface area contributed by atoms with Gasteiger partial charge in [-0.3, -0.25) is 10.1 Å². The lowest BCUT2D eigenvalue weighted by atomic mass is 9.97. The van der Waals surface area contributed by atoms with Crippen LogP contribution in [0, 0.1) is 6.92 Å². The first kappa shape index (κ1) is 27.7. The molecule has 2 heterocycles. The summed E-state index contributed by atoms with van der Waals surface area (Å²) in [4.78, 5) is 17.5. The molecule has 0 unspecified atom stereocenters. The van der Waals surface area contributed by atoms with E-state index >= 15 is 0 Å². The van der Waals surface area contributed by atoms with Crippen molar-refractivity contribution in [3.05, 3.63) is 127 Å². The minimum Gasteiger partial charge on any atom is -0.490 e. The summed E-state index contributed by atoms with van der Waals surface area (Å²) in [5, 5.41) is 14.2. The molecule has 6 rings (SSSR count).